The van der Waals surface area contributed by atoms with Gasteiger partial charge in [0.15, 0.2) is 5.78 Å². The molecule has 0 bridgehead atoms. The highest BCUT2D eigenvalue weighted by atomic mass is 16.2. The number of ketones is 1. The summed E-state index contributed by atoms with van der Waals surface area (Å²) in [6.07, 6.45) is 0.433. The molecule has 2 heterocycles. The first-order valence-electron chi connectivity index (χ1n) is 8.19. The average molecular weight is 353 g/mol. The van der Waals surface area contributed by atoms with Gasteiger partial charge in [0.2, 0.25) is 0 Å². The molecule has 134 valence electrons. The number of primary amides is 1. The van der Waals surface area contributed by atoms with E-state index >= 15 is 0 Å². The predicted molar refractivity (Wildman–Crippen MR) is 96.0 cm³/mol. The highest BCUT2D eigenvalue weighted by molar-refractivity contribution is 6.03. The van der Waals surface area contributed by atoms with Crippen LogP contribution in [0.15, 0.2) is 29.1 Å². The first-order valence-corrected chi connectivity index (χ1v) is 8.19. The number of hydrogen-bond donors (Lipinski definition) is 1. The van der Waals surface area contributed by atoms with Crippen molar-refractivity contribution in [2.24, 2.45) is 5.73 Å². The van der Waals surface area contributed by atoms with Crippen molar-refractivity contribution in [2.45, 2.75) is 20.3 Å². The summed E-state index contributed by atoms with van der Waals surface area (Å²) in [6, 6.07) is 6.35. The van der Waals surface area contributed by atoms with Crippen LogP contribution in [0.1, 0.15) is 49.3 Å². The van der Waals surface area contributed by atoms with E-state index in [9.17, 15) is 19.2 Å². The fourth-order valence-corrected chi connectivity index (χ4v) is 3.31. The monoisotopic (exact) mass is 353 g/mol. The number of benzene rings is 1. The van der Waals surface area contributed by atoms with Crippen molar-refractivity contribution >= 4 is 17.6 Å². The molecule has 1 aliphatic rings. The molecule has 1 aromatic carbocycles. The molecule has 1 aromatic heterocycles. The van der Waals surface area contributed by atoms with Crippen LogP contribution in [0.5, 0.6) is 0 Å². The Labute approximate surface area is 150 Å². The summed E-state index contributed by atoms with van der Waals surface area (Å²) in [5.41, 5.74) is 7.07. The number of aromatic nitrogens is 1. The fourth-order valence-electron chi connectivity index (χ4n) is 3.31. The number of rotatable bonds is 3. The van der Waals surface area contributed by atoms with E-state index < -0.39 is 11.5 Å². The molecule has 7 nitrogen and oxygen atoms in total. The number of carbonyl (C=O) groups is 3. The Kier molecular flexibility index (Phi) is 4.23. The largest absolute Gasteiger partial charge is 0.364 e. The van der Waals surface area contributed by atoms with Gasteiger partial charge in [-0.05, 0) is 50.1 Å². The summed E-state index contributed by atoms with van der Waals surface area (Å²) in [5, 5.41) is 0. The molecule has 2 aromatic rings. The Morgan fingerprint density at radius 3 is 2.27 bits per heavy atom. The van der Waals surface area contributed by atoms with Gasteiger partial charge in [0.25, 0.3) is 17.4 Å². The number of carbonyl (C=O) groups excluding carboxylic acids is 3. The maximum absolute atomic E-state index is 13.0. The SMILES string of the molecule is CC(=O)c1ccc(-n2c(C(N)=O)c3c(c(C)c2=O)C(=O)N(C)CC3)cc1. The smallest absolute Gasteiger partial charge is 0.266 e. The summed E-state index contributed by atoms with van der Waals surface area (Å²) in [5.74, 6) is -1.16. The van der Waals surface area contributed by atoms with Gasteiger partial charge in [-0.25, -0.2) is 0 Å². The van der Waals surface area contributed by atoms with Crippen molar-refractivity contribution in [1.29, 1.82) is 0 Å². The van der Waals surface area contributed by atoms with Crippen LogP contribution in [-0.4, -0.2) is 40.7 Å². The topological polar surface area (TPSA) is 102 Å². The van der Waals surface area contributed by atoms with Crippen LogP contribution in [0.2, 0.25) is 0 Å². The maximum Gasteiger partial charge on any atom is 0.266 e. The number of Topliss-reactive ketones (excluding diaryl/α,β-unsaturated/α-hetero) is 1. The van der Waals surface area contributed by atoms with Gasteiger partial charge in [0.1, 0.15) is 5.69 Å². The van der Waals surface area contributed by atoms with E-state index in [1.807, 2.05) is 0 Å². The second kappa shape index (κ2) is 6.25. The Morgan fingerprint density at radius 2 is 1.73 bits per heavy atom. The Morgan fingerprint density at radius 1 is 1.12 bits per heavy atom. The van der Waals surface area contributed by atoms with E-state index in [-0.39, 0.29) is 28.5 Å². The van der Waals surface area contributed by atoms with Crippen LogP contribution in [-0.2, 0) is 6.42 Å². The molecule has 0 saturated carbocycles. The summed E-state index contributed by atoms with van der Waals surface area (Å²) < 4.78 is 1.24. The Balaban J connectivity index is 2.35. The van der Waals surface area contributed by atoms with E-state index in [2.05, 4.69) is 0 Å². The molecule has 2 N–H and O–H groups in total. The molecule has 2 amide bonds. The molecule has 3 rings (SSSR count). The molecule has 7 heteroatoms. The molecule has 0 spiro atoms. The van der Waals surface area contributed by atoms with Gasteiger partial charge < -0.3 is 10.6 Å². The Hall–Kier alpha value is -3.22. The molecule has 0 unspecified atom stereocenters. The molecule has 26 heavy (non-hydrogen) atoms. The molecule has 0 fully saturated rings. The van der Waals surface area contributed by atoms with E-state index in [0.29, 0.717) is 29.8 Å². The van der Waals surface area contributed by atoms with Gasteiger partial charge in [0.05, 0.1) is 5.56 Å². The predicted octanol–water partition coefficient (Wildman–Crippen LogP) is 1.08. The summed E-state index contributed by atoms with van der Waals surface area (Å²) in [4.78, 5) is 50.6. The van der Waals surface area contributed by atoms with Crippen LogP contribution < -0.4 is 11.3 Å². The van der Waals surface area contributed by atoms with E-state index in [0.717, 1.165) is 0 Å². The second-order valence-corrected chi connectivity index (χ2v) is 6.41. The average Bonchev–Trinajstić information content (AvgIpc) is 2.60. The number of fused-ring (bicyclic) bond motifs is 1. The normalized spacial score (nSPS) is 13.5. The lowest BCUT2D eigenvalue weighted by Crippen LogP contribution is -2.41. The van der Waals surface area contributed by atoms with Crippen molar-refractivity contribution in [3.05, 3.63) is 62.6 Å². The van der Waals surface area contributed by atoms with Crippen LogP contribution in [0.3, 0.4) is 0 Å². The minimum absolute atomic E-state index is 0.0209. The molecular formula is C19H19N3O4. The lowest BCUT2D eigenvalue weighted by atomic mass is 9.93. The molecule has 0 aliphatic carbocycles. The standard InChI is InChI=1S/C19H19N3O4/c1-10-15-14(8-9-21(3)19(15)26)16(17(20)24)22(18(10)25)13-6-4-12(5-7-13)11(2)23/h4-7H,8-9H2,1-3H3,(H2,20,24). The molecule has 0 saturated heterocycles. The van der Waals surface area contributed by atoms with Gasteiger partial charge in [0, 0.05) is 30.4 Å². The lowest BCUT2D eigenvalue weighted by Gasteiger charge is -2.28. The maximum atomic E-state index is 13.0. The van der Waals surface area contributed by atoms with Crippen molar-refractivity contribution < 1.29 is 14.4 Å². The Bertz CT molecular complexity index is 1000. The highest BCUT2D eigenvalue weighted by Crippen LogP contribution is 2.25. The van der Waals surface area contributed by atoms with Crippen LogP contribution >= 0.6 is 0 Å². The zero-order valence-electron chi connectivity index (χ0n) is 14.8. The van der Waals surface area contributed by atoms with Gasteiger partial charge in [-0.15, -0.1) is 0 Å². The molecular weight excluding hydrogens is 334 g/mol. The first kappa shape index (κ1) is 17.6. The summed E-state index contributed by atoms with van der Waals surface area (Å²) in [6.45, 7) is 3.46. The zero-order chi connectivity index (χ0) is 19.2. The minimum atomic E-state index is -0.772. The fraction of sp³-hybridized carbons (Fsp3) is 0.263. The second-order valence-electron chi connectivity index (χ2n) is 6.41. The number of hydrogen-bond acceptors (Lipinski definition) is 4. The highest BCUT2D eigenvalue weighted by Gasteiger charge is 2.31. The van der Waals surface area contributed by atoms with E-state index in [4.69, 9.17) is 5.73 Å². The van der Waals surface area contributed by atoms with Crippen LogP contribution in [0.4, 0.5) is 0 Å². The van der Waals surface area contributed by atoms with Gasteiger partial charge in [-0.1, -0.05) is 0 Å². The van der Waals surface area contributed by atoms with Crippen molar-refractivity contribution in [3.63, 3.8) is 0 Å². The third-order valence-electron chi connectivity index (χ3n) is 4.73. The number of likely N-dealkylation sites (N-methyl/N-ethyl adjacent to an activating group) is 1. The third-order valence-corrected chi connectivity index (χ3v) is 4.73. The summed E-state index contributed by atoms with van der Waals surface area (Å²) >= 11 is 0. The molecule has 0 atom stereocenters. The van der Waals surface area contributed by atoms with Gasteiger partial charge >= 0.3 is 0 Å². The minimum Gasteiger partial charge on any atom is -0.364 e. The van der Waals surface area contributed by atoms with Gasteiger partial charge in [-0.3, -0.25) is 23.7 Å². The van der Waals surface area contributed by atoms with E-state index in [1.165, 1.54) is 16.4 Å². The molecule has 1 aliphatic heterocycles. The number of nitrogens with two attached hydrogens (primary N) is 1. The lowest BCUT2D eigenvalue weighted by molar-refractivity contribution is 0.0778. The van der Waals surface area contributed by atoms with Crippen molar-refractivity contribution in [1.82, 2.24) is 9.47 Å². The quantitative estimate of drug-likeness (QED) is 0.834. The van der Waals surface area contributed by atoms with Crippen molar-refractivity contribution in [2.75, 3.05) is 13.6 Å². The van der Waals surface area contributed by atoms with Crippen LogP contribution in [0.25, 0.3) is 5.69 Å². The van der Waals surface area contributed by atoms with Crippen LogP contribution in [0, 0.1) is 6.92 Å². The molecule has 0 radical (unpaired) electrons. The number of amides is 2. The van der Waals surface area contributed by atoms with Gasteiger partial charge in [-0.2, -0.15) is 0 Å². The van der Waals surface area contributed by atoms with E-state index in [1.54, 1.807) is 38.2 Å². The third kappa shape index (κ3) is 2.61. The number of nitrogens with zero attached hydrogens (tertiary/aromatic N) is 2. The first-order chi connectivity index (χ1) is 12.2. The summed E-state index contributed by atoms with van der Waals surface area (Å²) in [7, 11) is 1.65. The zero-order valence-corrected chi connectivity index (χ0v) is 14.8. The van der Waals surface area contributed by atoms with Crippen molar-refractivity contribution in [3.8, 4) is 5.69 Å². The number of pyridine rings is 1.